The molecule has 3 rings (SSSR count). The highest BCUT2D eigenvalue weighted by Crippen LogP contribution is 2.23. The molecule has 7 heteroatoms. The van der Waals surface area contributed by atoms with Crippen molar-refractivity contribution in [3.05, 3.63) is 64.7 Å². The van der Waals surface area contributed by atoms with Crippen LogP contribution in [-0.4, -0.2) is 28.3 Å². The molecule has 0 bridgehead atoms. The maximum Gasteiger partial charge on any atom is 0.251 e. The van der Waals surface area contributed by atoms with E-state index in [0.717, 1.165) is 22.0 Å². The number of benzene rings is 1. The third kappa shape index (κ3) is 4.73. The second-order valence-electron chi connectivity index (χ2n) is 5.63. The second kappa shape index (κ2) is 8.35. The largest absolute Gasteiger partial charge is 0.352 e. The summed E-state index contributed by atoms with van der Waals surface area (Å²) in [6, 6.07) is 10.9. The highest BCUT2D eigenvalue weighted by Gasteiger charge is 2.07. The molecule has 2 heterocycles. The molecule has 2 N–H and O–H groups in total. The predicted molar refractivity (Wildman–Crippen MR) is 102 cm³/mol. The topological polar surface area (TPSA) is 84.0 Å². The SMILES string of the molecule is CC(=O)Nc1ccc(-c2csc(CCNC(=O)c3ccncc3)n2)cc1. The van der Waals surface area contributed by atoms with E-state index in [0.29, 0.717) is 18.5 Å². The van der Waals surface area contributed by atoms with Crippen molar-refractivity contribution in [3.8, 4) is 11.3 Å². The molecule has 2 amide bonds. The predicted octanol–water partition coefficient (Wildman–Crippen LogP) is 3.14. The highest BCUT2D eigenvalue weighted by atomic mass is 32.1. The Morgan fingerprint density at radius 1 is 1.08 bits per heavy atom. The molecule has 0 aliphatic heterocycles. The van der Waals surface area contributed by atoms with Gasteiger partial charge in [-0.2, -0.15) is 0 Å². The molecule has 0 saturated carbocycles. The number of hydrogen-bond donors (Lipinski definition) is 2. The summed E-state index contributed by atoms with van der Waals surface area (Å²) in [5.74, 6) is -0.208. The van der Waals surface area contributed by atoms with Gasteiger partial charge in [0.15, 0.2) is 0 Å². The molecule has 26 heavy (non-hydrogen) atoms. The van der Waals surface area contributed by atoms with Crippen LogP contribution in [0.3, 0.4) is 0 Å². The summed E-state index contributed by atoms with van der Waals surface area (Å²) in [7, 11) is 0. The molecule has 0 spiro atoms. The summed E-state index contributed by atoms with van der Waals surface area (Å²) in [5.41, 5.74) is 3.23. The number of nitrogens with one attached hydrogen (secondary N) is 2. The second-order valence-corrected chi connectivity index (χ2v) is 6.57. The number of nitrogens with zero attached hydrogens (tertiary/aromatic N) is 2. The first-order chi connectivity index (χ1) is 12.6. The van der Waals surface area contributed by atoms with Gasteiger partial charge in [-0.25, -0.2) is 4.98 Å². The fourth-order valence-corrected chi connectivity index (χ4v) is 3.18. The van der Waals surface area contributed by atoms with Gasteiger partial charge < -0.3 is 10.6 Å². The first-order valence-corrected chi connectivity index (χ1v) is 9.00. The quantitative estimate of drug-likeness (QED) is 0.702. The van der Waals surface area contributed by atoms with Crippen LogP contribution in [0.25, 0.3) is 11.3 Å². The van der Waals surface area contributed by atoms with Gasteiger partial charge in [0.2, 0.25) is 5.91 Å². The summed E-state index contributed by atoms with van der Waals surface area (Å²) in [5, 5.41) is 8.57. The van der Waals surface area contributed by atoms with Crippen molar-refractivity contribution in [2.45, 2.75) is 13.3 Å². The van der Waals surface area contributed by atoms with Crippen LogP contribution in [0.15, 0.2) is 54.2 Å². The minimum Gasteiger partial charge on any atom is -0.352 e. The van der Waals surface area contributed by atoms with Crippen LogP contribution in [0.1, 0.15) is 22.3 Å². The van der Waals surface area contributed by atoms with Crippen molar-refractivity contribution in [2.24, 2.45) is 0 Å². The van der Waals surface area contributed by atoms with Gasteiger partial charge in [0.1, 0.15) is 0 Å². The van der Waals surface area contributed by atoms with Crippen molar-refractivity contribution < 1.29 is 9.59 Å². The molecule has 0 fully saturated rings. The molecular weight excluding hydrogens is 348 g/mol. The molecular formula is C19H18N4O2S. The van der Waals surface area contributed by atoms with Crippen LogP contribution < -0.4 is 10.6 Å². The third-order valence-corrected chi connectivity index (χ3v) is 4.53. The lowest BCUT2D eigenvalue weighted by Crippen LogP contribution is -2.25. The fraction of sp³-hybridized carbons (Fsp3) is 0.158. The zero-order valence-corrected chi connectivity index (χ0v) is 15.0. The van der Waals surface area contributed by atoms with Gasteiger partial charge in [-0.3, -0.25) is 14.6 Å². The number of carbonyl (C=O) groups excluding carboxylic acids is 2. The summed E-state index contributed by atoms with van der Waals surface area (Å²) >= 11 is 1.56. The average Bonchev–Trinajstić information content (AvgIpc) is 3.11. The van der Waals surface area contributed by atoms with E-state index in [-0.39, 0.29) is 11.8 Å². The fourth-order valence-electron chi connectivity index (χ4n) is 2.37. The van der Waals surface area contributed by atoms with E-state index in [2.05, 4.69) is 20.6 Å². The highest BCUT2D eigenvalue weighted by molar-refractivity contribution is 7.09. The van der Waals surface area contributed by atoms with Crippen LogP contribution in [0, 0.1) is 0 Å². The number of amides is 2. The number of hydrogen-bond acceptors (Lipinski definition) is 5. The Labute approximate surface area is 155 Å². The minimum atomic E-state index is -0.113. The molecule has 1 aromatic carbocycles. The third-order valence-electron chi connectivity index (χ3n) is 3.62. The number of thiazole rings is 1. The Balaban J connectivity index is 1.54. The molecule has 3 aromatic rings. The van der Waals surface area contributed by atoms with Gasteiger partial charge in [0.05, 0.1) is 10.7 Å². The Kier molecular flexibility index (Phi) is 5.70. The molecule has 0 radical (unpaired) electrons. The van der Waals surface area contributed by atoms with E-state index in [1.54, 1.807) is 35.9 Å². The average molecular weight is 366 g/mol. The summed E-state index contributed by atoms with van der Waals surface area (Å²) in [6.45, 7) is 2.00. The lowest BCUT2D eigenvalue weighted by molar-refractivity contribution is -0.114. The van der Waals surface area contributed by atoms with Gasteiger partial charge in [0.25, 0.3) is 5.91 Å². The summed E-state index contributed by atoms with van der Waals surface area (Å²) in [4.78, 5) is 31.5. The maximum atomic E-state index is 12.0. The Morgan fingerprint density at radius 3 is 2.50 bits per heavy atom. The van der Waals surface area contributed by atoms with E-state index >= 15 is 0 Å². The normalized spacial score (nSPS) is 10.3. The molecule has 0 atom stereocenters. The molecule has 0 unspecified atom stereocenters. The molecule has 2 aromatic heterocycles. The van der Waals surface area contributed by atoms with Crippen LogP contribution >= 0.6 is 11.3 Å². The molecule has 6 nitrogen and oxygen atoms in total. The van der Waals surface area contributed by atoms with Crippen molar-refractivity contribution in [3.63, 3.8) is 0 Å². The van der Waals surface area contributed by atoms with Crippen molar-refractivity contribution in [1.29, 1.82) is 0 Å². The number of aromatic nitrogens is 2. The van der Waals surface area contributed by atoms with Gasteiger partial charge >= 0.3 is 0 Å². The zero-order valence-electron chi connectivity index (χ0n) is 14.2. The van der Waals surface area contributed by atoms with Crippen molar-refractivity contribution >= 4 is 28.8 Å². The number of carbonyl (C=O) groups is 2. The van der Waals surface area contributed by atoms with Crippen LogP contribution in [0.5, 0.6) is 0 Å². The van der Waals surface area contributed by atoms with E-state index in [4.69, 9.17) is 0 Å². The molecule has 132 valence electrons. The molecule has 0 saturated heterocycles. The Bertz CT molecular complexity index is 891. The minimum absolute atomic E-state index is 0.0949. The Hall–Kier alpha value is -3.06. The Morgan fingerprint density at radius 2 is 1.81 bits per heavy atom. The van der Waals surface area contributed by atoms with Gasteiger partial charge in [-0.1, -0.05) is 12.1 Å². The van der Waals surface area contributed by atoms with E-state index in [1.807, 2.05) is 29.6 Å². The first kappa shape index (κ1) is 17.8. The number of anilines is 1. The van der Waals surface area contributed by atoms with Crippen molar-refractivity contribution in [2.75, 3.05) is 11.9 Å². The van der Waals surface area contributed by atoms with E-state index < -0.39 is 0 Å². The maximum absolute atomic E-state index is 12.0. The number of pyridine rings is 1. The van der Waals surface area contributed by atoms with Gasteiger partial charge in [-0.05, 0) is 24.3 Å². The summed E-state index contributed by atoms with van der Waals surface area (Å²) < 4.78 is 0. The van der Waals surface area contributed by atoms with E-state index in [9.17, 15) is 9.59 Å². The monoisotopic (exact) mass is 366 g/mol. The lowest BCUT2D eigenvalue weighted by Gasteiger charge is -2.03. The van der Waals surface area contributed by atoms with Gasteiger partial charge in [0, 0.05) is 54.5 Å². The van der Waals surface area contributed by atoms with Gasteiger partial charge in [-0.15, -0.1) is 11.3 Å². The van der Waals surface area contributed by atoms with Crippen LogP contribution in [-0.2, 0) is 11.2 Å². The van der Waals surface area contributed by atoms with Crippen LogP contribution in [0.4, 0.5) is 5.69 Å². The number of rotatable bonds is 6. The smallest absolute Gasteiger partial charge is 0.251 e. The zero-order chi connectivity index (χ0) is 18.4. The van der Waals surface area contributed by atoms with Crippen LogP contribution in [0.2, 0.25) is 0 Å². The molecule has 0 aliphatic carbocycles. The lowest BCUT2D eigenvalue weighted by atomic mass is 10.1. The molecule has 0 aliphatic rings. The summed E-state index contributed by atoms with van der Waals surface area (Å²) in [6.07, 6.45) is 3.86. The standard InChI is InChI=1S/C19H18N4O2S/c1-13(24)22-16-4-2-14(3-5-16)17-12-26-18(23-17)8-11-21-19(25)15-6-9-20-10-7-15/h2-7,9-10,12H,8,11H2,1H3,(H,21,25)(H,22,24). The van der Waals surface area contributed by atoms with Crippen molar-refractivity contribution in [1.82, 2.24) is 15.3 Å². The first-order valence-electron chi connectivity index (χ1n) is 8.12. The van der Waals surface area contributed by atoms with E-state index in [1.165, 1.54) is 6.92 Å².